The van der Waals surface area contributed by atoms with Gasteiger partial charge in [0.1, 0.15) is 24.3 Å². The molecular formula is C46H62N8O6. The summed E-state index contributed by atoms with van der Waals surface area (Å²) in [6, 6.07) is 24.7. The summed E-state index contributed by atoms with van der Waals surface area (Å²) in [5.41, 5.74) is 3.23. The van der Waals surface area contributed by atoms with E-state index in [9.17, 15) is 29.4 Å². The number of amides is 6. The lowest BCUT2D eigenvalue weighted by atomic mass is 9.90. The van der Waals surface area contributed by atoms with Crippen molar-refractivity contribution in [2.24, 2.45) is 11.8 Å². The van der Waals surface area contributed by atoms with Crippen LogP contribution in [0, 0.1) is 11.8 Å². The van der Waals surface area contributed by atoms with Crippen LogP contribution < -0.4 is 21.3 Å². The normalized spacial score (nSPS) is 14.2. The minimum Gasteiger partial charge on any atom is -0.388 e. The zero-order chi connectivity index (χ0) is 43.6. The zero-order valence-corrected chi connectivity index (χ0v) is 35.6. The second-order valence-corrected chi connectivity index (χ2v) is 15.9. The first-order valence-corrected chi connectivity index (χ1v) is 20.6. The Balaban J connectivity index is 1.52. The number of aliphatic hydroxyl groups excluding tert-OH is 2. The van der Waals surface area contributed by atoms with Crippen molar-refractivity contribution in [2.45, 2.75) is 89.8 Å². The minimum absolute atomic E-state index is 0.134. The molecule has 0 fully saturated rings. The molecule has 0 aliphatic rings. The van der Waals surface area contributed by atoms with Gasteiger partial charge in [0.25, 0.3) is 0 Å². The Hall–Kier alpha value is -5.86. The number of aromatic nitrogens is 2. The average Bonchev–Trinajstić information content (AvgIpc) is 3.25. The fourth-order valence-electron chi connectivity index (χ4n) is 6.69. The lowest BCUT2D eigenvalue weighted by Gasteiger charge is -2.35. The van der Waals surface area contributed by atoms with Crippen molar-refractivity contribution >= 4 is 23.9 Å². The van der Waals surface area contributed by atoms with Gasteiger partial charge in [-0.1, -0.05) is 100 Å². The Kier molecular flexibility index (Phi) is 18.5. The molecule has 0 saturated carbocycles. The third-order valence-electron chi connectivity index (χ3n) is 10.4. The number of carbonyl (C=O) groups excluding carboxylic acids is 4. The van der Waals surface area contributed by atoms with Crippen LogP contribution in [0.4, 0.5) is 9.59 Å². The zero-order valence-electron chi connectivity index (χ0n) is 35.6. The van der Waals surface area contributed by atoms with Crippen molar-refractivity contribution < 1.29 is 29.4 Å². The van der Waals surface area contributed by atoms with Crippen LogP contribution in [0.15, 0.2) is 109 Å². The molecule has 0 aliphatic carbocycles. The highest BCUT2D eigenvalue weighted by Gasteiger charge is 2.38. The number of benzene rings is 2. The van der Waals surface area contributed by atoms with Gasteiger partial charge in [-0.25, -0.2) is 9.59 Å². The van der Waals surface area contributed by atoms with Gasteiger partial charge < -0.3 is 41.3 Å². The van der Waals surface area contributed by atoms with E-state index in [-0.39, 0.29) is 24.7 Å². The van der Waals surface area contributed by atoms with E-state index in [1.54, 1.807) is 26.5 Å². The van der Waals surface area contributed by atoms with Gasteiger partial charge in [-0.2, -0.15) is 0 Å². The first-order valence-electron chi connectivity index (χ1n) is 20.6. The van der Waals surface area contributed by atoms with Crippen LogP contribution in [0.2, 0.25) is 0 Å². The molecule has 2 aromatic carbocycles. The van der Waals surface area contributed by atoms with Crippen LogP contribution in [-0.4, -0.2) is 117 Å². The Morgan fingerprint density at radius 1 is 0.533 bits per heavy atom. The Labute approximate surface area is 354 Å². The summed E-state index contributed by atoms with van der Waals surface area (Å²) in [6.45, 7) is 7.98. The highest BCUT2D eigenvalue weighted by Crippen LogP contribution is 2.17. The van der Waals surface area contributed by atoms with Gasteiger partial charge >= 0.3 is 12.1 Å². The van der Waals surface area contributed by atoms with Crippen LogP contribution in [0.5, 0.6) is 0 Å². The molecule has 0 radical (unpaired) electrons. The quantitative estimate of drug-likeness (QED) is 0.0733. The second kappa shape index (κ2) is 23.7. The maximum atomic E-state index is 14.1. The molecule has 0 spiro atoms. The number of nitrogens with zero attached hydrogens (tertiary/aromatic N) is 4. The first-order chi connectivity index (χ1) is 28.7. The van der Waals surface area contributed by atoms with Gasteiger partial charge in [0.15, 0.2) is 0 Å². The van der Waals surface area contributed by atoms with Crippen molar-refractivity contribution in [1.29, 1.82) is 0 Å². The van der Waals surface area contributed by atoms with Gasteiger partial charge in [-0.15, -0.1) is 0 Å². The molecule has 0 saturated heterocycles. The maximum absolute atomic E-state index is 14.1. The van der Waals surface area contributed by atoms with E-state index in [1.165, 1.54) is 9.80 Å². The molecule has 2 aromatic heterocycles. The summed E-state index contributed by atoms with van der Waals surface area (Å²) in [4.78, 5) is 66.4. The largest absolute Gasteiger partial charge is 0.388 e. The van der Waals surface area contributed by atoms with Crippen LogP contribution in [0.25, 0.3) is 0 Å². The molecule has 14 heteroatoms. The highest BCUT2D eigenvalue weighted by atomic mass is 16.3. The first kappa shape index (κ1) is 46.8. The summed E-state index contributed by atoms with van der Waals surface area (Å²) in [5.74, 6) is -1.75. The monoisotopic (exact) mass is 822 g/mol. The number of nitrogens with one attached hydrogen (secondary N) is 4. The smallest absolute Gasteiger partial charge is 0.317 e. The third-order valence-corrected chi connectivity index (χ3v) is 10.4. The molecule has 322 valence electrons. The number of hydrogen-bond acceptors (Lipinski definition) is 8. The lowest BCUT2D eigenvalue weighted by Crippen LogP contribution is -2.62. The van der Waals surface area contributed by atoms with Crippen LogP contribution in [-0.2, 0) is 35.3 Å². The number of urea groups is 2. The van der Waals surface area contributed by atoms with Crippen LogP contribution >= 0.6 is 0 Å². The third kappa shape index (κ3) is 14.8. The number of aliphatic hydroxyl groups is 2. The fraction of sp³-hybridized carbons (Fsp3) is 0.435. The summed E-state index contributed by atoms with van der Waals surface area (Å²) in [6.07, 6.45) is 1.54. The summed E-state index contributed by atoms with van der Waals surface area (Å²) < 4.78 is 0. The van der Waals surface area contributed by atoms with Crippen molar-refractivity contribution in [3.8, 4) is 0 Å². The minimum atomic E-state index is -1.59. The van der Waals surface area contributed by atoms with E-state index >= 15 is 0 Å². The van der Waals surface area contributed by atoms with E-state index in [4.69, 9.17) is 0 Å². The van der Waals surface area contributed by atoms with Crippen molar-refractivity contribution in [1.82, 2.24) is 41.0 Å². The Morgan fingerprint density at radius 3 is 1.20 bits per heavy atom. The van der Waals surface area contributed by atoms with Gasteiger partial charge in [0.05, 0.1) is 12.1 Å². The predicted octanol–water partition coefficient (Wildman–Crippen LogP) is 3.77. The molecule has 4 aromatic rings. The van der Waals surface area contributed by atoms with Gasteiger partial charge in [-0.05, 0) is 60.1 Å². The number of pyridine rings is 2. The molecule has 6 atom stereocenters. The average molecular weight is 823 g/mol. The van der Waals surface area contributed by atoms with E-state index < -0.39 is 60.3 Å². The second-order valence-electron chi connectivity index (χ2n) is 15.9. The topological polar surface area (TPSA) is 189 Å². The molecule has 6 amide bonds. The van der Waals surface area contributed by atoms with E-state index in [1.807, 2.05) is 125 Å². The standard InChI is InChI=1S/C46H62N8O6/c1-31(2)39(51-45(59)53(5)27-23-35-21-13-15-25-47-35)43(57)49-37(29-33-17-9-7-10-18-33)41(55)42(56)38(30-34-19-11-8-12-20-34)50-44(58)40(32(3)4)52-46(60)54(6)28-24-36-22-14-16-26-48-36/h7-22,25-26,31-32,37-42,55-56H,23-24,27-30H2,1-6H3,(H,49,57)(H,50,58)(H,51,59)(H,52,60)/t37-,38-,39?,40?,41+,42+/m0/s1. The molecular weight excluding hydrogens is 761 g/mol. The summed E-state index contributed by atoms with van der Waals surface area (Å²) >= 11 is 0. The lowest BCUT2D eigenvalue weighted by molar-refractivity contribution is -0.129. The van der Waals surface area contributed by atoms with Crippen molar-refractivity contribution in [3.05, 3.63) is 132 Å². The molecule has 2 unspecified atom stereocenters. The molecule has 0 aliphatic heterocycles. The molecule has 60 heavy (non-hydrogen) atoms. The predicted molar refractivity (Wildman–Crippen MR) is 232 cm³/mol. The SMILES string of the molecule is CC(C)C(NC(=O)N(C)CCc1ccccn1)C(=O)N[C@@H](Cc1ccccc1)[C@@H](O)[C@H](O)[C@H](Cc1ccccc1)NC(=O)C(NC(=O)N(C)CCc1ccccn1)C(C)C. The number of likely N-dealkylation sites (N-methyl/N-ethyl adjacent to an activating group) is 2. The van der Waals surface area contributed by atoms with Crippen LogP contribution in [0.3, 0.4) is 0 Å². The number of rotatable bonds is 21. The highest BCUT2D eigenvalue weighted by molar-refractivity contribution is 5.88. The molecule has 6 N–H and O–H groups in total. The molecule has 14 nitrogen and oxygen atoms in total. The van der Waals surface area contributed by atoms with E-state index in [0.29, 0.717) is 25.9 Å². The summed E-state index contributed by atoms with van der Waals surface area (Å²) in [7, 11) is 3.29. The Morgan fingerprint density at radius 2 is 0.883 bits per heavy atom. The summed E-state index contributed by atoms with van der Waals surface area (Å²) in [5, 5.41) is 35.6. The van der Waals surface area contributed by atoms with Crippen molar-refractivity contribution in [3.63, 3.8) is 0 Å². The fourth-order valence-corrected chi connectivity index (χ4v) is 6.69. The molecule has 2 heterocycles. The Bertz CT molecular complexity index is 1770. The van der Waals surface area contributed by atoms with E-state index in [0.717, 1.165) is 22.5 Å². The number of hydrogen-bond donors (Lipinski definition) is 6. The van der Waals surface area contributed by atoms with Gasteiger partial charge in [0, 0.05) is 63.8 Å². The van der Waals surface area contributed by atoms with Crippen molar-refractivity contribution in [2.75, 3.05) is 27.2 Å². The van der Waals surface area contributed by atoms with Gasteiger partial charge in [-0.3, -0.25) is 19.6 Å². The van der Waals surface area contributed by atoms with Crippen LogP contribution in [0.1, 0.15) is 50.2 Å². The van der Waals surface area contributed by atoms with Gasteiger partial charge in [0.2, 0.25) is 11.8 Å². The number of carbonyl (C=O) groups is 4. The molecule has 4 rings (SSSR count). The van der Waals surface area contributed by atoms with E-state index in [2.05, 4.69) is 31.2 Å². The molecule has 0 bridgehead atoms. The maximum Gasteiger partial charge on any atom is 0.317 e.